The number of benzene rings is 1. The lowest BCUT2D eigenvalue weighted by molar-refractivity contribution is 0.200. The highest BCUT2D eigenvalue weighted by Crippen LogP contribution is 2.35. The molecule has 1 atom stereocenters. The van der Waals surface area contributed by atoms with E-state index < -0.39 is 0 Å². The van der Waals surface area contributed by atoms with E-state index in [4.69, 9.17) is 0 Å². The Kier molecular flexibility index (Phi) is 4.35. The molecule has 0 amide bonds. The van der Waals surface area contributed by atoms with E-state index in [1.54, 1.807) is 0 Å². The molecule has 1 heteroatoms. The van der Waals surface area contributed by atoms with E-state index in [0.29, 0.717) is 17.5 Å². The fraction of sp³-hybridized carbons (Fsp3) is 0.667. The van der Waals surface area contributed by atoms with E-state index in [2.05, 4.69) is 58.1 Å². The van der Waals surface area contributed by atoms with Gasteiger partial charge in [0.1, 0.15) is 0 Å². The van der Waals surface area contributed by atoms with E-state index in [1.807, 2.05) is 0 Å². The van der Waals surface area contributed by atoms with Crippen molar-refractivity contribution in [1.82, 2.24) is 5.32 Å². The molecule has 1 aliphatic rings. The standard InChI is InChI=1S/C18H29N/c1-13-10-14(2)12-16(11-13)15(3)19-17-6-8-18(4,5)9-7-17/h10-12,15,17,19H,6-9H2,1-5H3. The topological polar surface area (TPSA) is 12.0 Å². The van der Waals surface area contributed by atoms with Crippen LogP contribution >= 0.6 is 0 Å². The fourth-order valence-electron chi connectivity index (χ4n) is 3.28. The van der Waals surface area contributed by atoms with Crippen LogP contribution in [0.4, 0.5) is 0 Å². The van der Waals surface area contributed by atoms with Gasteiger partial charge in [0.05, 0.1) is 0 Å². The molecule has 0 aliphatic heterocycles. The smallest absolute Gasteiger partial charge is 0.0294 e. The highest BCUT2D eigenvalue weighted by Gasteiger charge is 2.27. The summed E-state index contributed by atoms with van der Waals surface area (Å²) in [5.41, 5.74) is 4.73. The number of aryl methyl sites for hydroxylation is 2. The summed E-state index contributed by atoms with van der Waals surface area (Å²) in [6.45, 7) is 11.5. The van der Waals surface area contributed by atoms with Crippen molar-refractivity contribution in [2.75, 3.05) is 0 Å². The maximum absolute atomic E-state index is 3.83. The van der Waals surface area contributed by atoms with Crippen LogP contribution in [0.25, 0.3) is 0 Å². The van der Waals surface area contributed by atoms with Crippen LogP contribution in [0.15, 0.2) is 18.2 Å². The zero-order chi connectivity index (χ0) is 14.0. The van der Waals surface area contributed by atoms with Crippen LogP contribution in [0.3, 0.4) is 0 Å². The molecule has 106 valence electrons. The maximum atomic E-state index is 3.83. The van der Waals surface area contributed by atoms with Gasteiger partial charge in [-0.15, -0.1) is 0 Å². The van der Waals surface area contributed by atoms with Gasteiger partial charge in [0, 0.05) is 12.1 Å². The summed E-state index contributed by atoms with van der Waals surface area (Å²) in [4.78, 5) is 0. The number of hydrogen-bond donors (Lipinski definition) is 1. The fourth-order valence-corrected chi connectivity index (χ4v) is 3.28. The normalized spacial score (nSPS) is 21.3. The van der Waals surface area contributed by atoms with Crippen molar-refractivity contribution in [3.05, 3.63) is 34.9 Å². The Bertz CT molecular complexity index is 403. The lowest BCUT2D eigenvalue weighted by Gasteiger charge is -2.36. The summed E-state index contributed by atoms with van der Waals surface area (Å²) >= 11 is 0. The van der Waals surface area contributed by atoms with Crippen LogP contribution in [0.2, 0.25) is 0 Å². The second-order valence-electron chi connectivity index (χ2n) is 7.25. The van der Waals surface area contributed by atoms with Gasteiger partial charge in [-0.1, -0.05) is 43.2 Å². The van der Waals surface area contributed by atoms with Crippen LogP contribution in [-0.2, 0) is 0 Å². The Balaban J connectivity index is 1.96. The molecule has 1 fully saturated rings. The van der Waals surface area contributed by atoms with E-state index in [-0.39, 0.29) is 0 Å². The molecule has 0 radical (unpaired) electrons. The number of rotatable bonds is 3. The largest absolute Gasteiger partial charge is 0.307 e. The molecule has 0 spiro atoms. The van der Waals surface area contributed by atoms with Gasteiger partial charge in [0.15, 0.2) is 0 Å². The van der Waals surface area contributed by atoms with Gasteiger partial charge in [0.2, 0.25) is 0 Å². The van der Waals surface area contributed by atoms with Gasteiger partial charge in [-0.2, -0.15) is 0 Å². The van der Waals surface area contributed by atoms with Crippen molar-refractivity contribution < 1.29 is 0 Å². The predicted molar refractivity (Wildman–Crippen MR) is 83.5 cm³/mol. The van der Waals surface area contributed by atoms with E-state index in [9.17, 15) is 0 Å². The van der Waals surface area contributed by atoms with Crippen LogP contribution in [0, 0.1) is 19.3 Å². The van der Waals surface area contributed by atoms with Gasteiger partial charge >= 0.3 is 0 Å². The van der Waals surface area contributed by atoms with Crippen LogP contribution < -0.4 is 5.32 Å². The second kappa shape index (κ2) is 5.66. The van der Waals surface area contributed by atoms with Crippen molar-refractivity contribution in [2.45, 2.75) is 72.4 Å². The van der Waals surface area contributed by atoms with E-state index in [0.717, 1.165) is 0 Å². The molecule has 0 saturated heterocycles. The van der Waals surface area contributed by atoms with E-state index in [1.165, 1.54) is 42.4 Å². The van der Waals surface area contributed by atoms with Gasteiger partial charge < -0.3 is 5.32 Å². The Morgan fingerprint density at radius 2 is 1.58 bits per heavy atom. The third-order valence-corrected chi connectivity index (χ3v) is 4.57. The summed E-state index contributed by atoms with van der Waals surface area (Å²) in [5, 5.41) is 3.83. The minimum atomic E-state index is 0.463. The molecular weight excluding hydrogens is 230 g/mol. The SMILES string of the molecule is Cc1cc(C)cc(C(C)NC2CCC(C)(C)CC2)c1. The molecule has 1 N–H and O–H groups in total. The molecule has 1 aromatic carbocycles. The van der Waals surface area contributed by atoms with Crippen molar-refractivity contribution in [2.24, 2.45) is 5.41 Å². The molecule has 0 bridgehead atoms. The quantitative estimate of drug-likeness (QED) is 0.812. The summed E-state index contributed by atoms with van der Waals surface area (Å²) in [7, 11) is 0. The molecule has 0 heterocycles. The Hall–Kier alpha value is -0.820. The van der Waals surface area contributed by atoms with Crippen LogP contribution in [0.5, 0.6) is 0 Å². The Morgan fingerprint density at radius 1 is 1.05 bits per heavy atom. The van der Waals surface area contributed by atoms with Crippen LogP contribution in [0.1, 0.15) is 69.2 Å². The molecule has 1 unspecified atom stereocenters. The molecular formula is C18H29N. The third kappa shape index (κ3) is 4.07. The van der Waals surface area contributed by atoms with Gasteiger partial charge in [-0.25, -0.2) is 0 Å². The Labute approximate surface area is 118 Å². The minimum Gasteiger partial charge on any atom is -0.307 e. The average molecular weight is 259 g/mol. The summed E-state index contributed by atoms with van der Waals surface area (Å²) in [5.74, 6) is 0. The zero-order valence-corrected chi connectivity index (χ0v) is 13.2. The monoisotopic (exact) mass is 259 g/mol. The zero-order valence-electron chi connectivity index (χ0n) is 13.2. The van der Waals surface area contributed by atoms with Gasteiger partial charge in [-0.3, -0.25) is 0 Å². The minimum absolute atomic E-state index is 0.463. The molecule has 19 heavy (non-hydrogen) atoms. The second-order valence-corrected chi connectivity index (χ2v) is 7.25. The average Bonchev–Trinajstić information content (AvgIpc) is 2.30. The van der Waals surface area contributed by atoms with E-state index >= 15 is 0 Å². The molecule has 1 nitrogen and oxygen atoms in total. The highest BCUT2D eigenvalue weighted by molar-refractivity contribution is 5.30. The summed E-state index contributed by atoms with van der Waals surface area (Å²) in [6, 6.07) is 8.04. The number of hydrogen-bond acceptors (Lipinski definition) is 1. The highest BCUT2D eigenvalue weighted by atomic mass is 14.9. The lowest BCUT2D eigenvalue weighted by atomic mass is 9.75. The van der Waals surface area contributed by atoms with Crippen molar-refractivity contribution >= 4 is 0 Å². The first-order chi connectivity index (χ1) is 8.85. The first kappa shape index (κ1) is 14.6. The summed E-state index contributed by atoms with van der Waals surface area (Å²) < 4.78 is 0. The molecule has 1 aromatic rings. The predicted octanol–water partition coefficient (Wildman–Crippen LogP) is 4.92. The maximum Gasteiger partial charge on any atom is 0.0294 e. The van der Waals surface area contributed by atoms with Gasteiger partial charge in [-0.05, 0) is 57.4 Å². The first-order valence-electron chi connectivity index (χ1n) is 7.70. The molecule has 1 saturated carbocycles. The van der Waals surface area contributed by atoms with Crippen molar-refractivity contribution in [3.8, 4) is 0 Å². The van der Waals surface area contributed by atoms with Crippen LogP contribution in [-0.4, -0.2) is 6.04 Å². The number of nitrogens with one attached hydrogen (secondary N) is 1. The van der Waals surface area contributed by atoms with Crippen molar-refractivity contribution in [1.29, 1.82) is 0 Å². The first-order valence-corrected chi connectivity index (χ1v) is 7.70. The third-order valence-electron chi connectivity index (χ3n) is 4.57. The van der Waals surface area contributed by atoms with Crippen molar-refractivity contribution in [3.63, 3.8) is 0 Å². The Morgan fingerprint density at radius 3 is 2.11 bits per heavy atom. The molecule has 0 aromatic heterocycles. The molecule has 2 rings (SSSR count). The molecule has 1 aliphatic carbocycles. The van der Waals surface area contributed by atoms with Gasteiger partial charge in [0.25, 0.3) is 0 Å². The lowest BCUT2D eigenvalue weighted by Crippen LogP contribution is -2.37. The summed E-state index contributed by atoms with van der Waals surface area (Å²) in [6.07, 6.45) is 5.35.